The number of piperazine rings is 1. The third kappa shape index (κ3) is 4.52. The first-order valence-corrected chi connectivity index (χ1v) is 11.1. The van der Waals surface area contributed by atoms with Gasteiger partial charge in [0, 0.05) is 19.8 Å². The summed E-state index contributed by atoms with van der Waals surface area (Å²) in [5.74, 6) is 0. The Morgan fingerprint density at radius 1 is 1.18 bits per heavy atom. The molecule has 150 valence electrons. The van der Waals surface area contributed by atoms with E-state index < -0.39 is 10.0 Å². The van der Waals surface area contributed by atoms with Gasteiger partial charge in [0.1, 0.15) is 12.6 Å². The lowest BCUT2D eigenvalue weighted by Crippen LogP contribution is -3.12. The van der Waals surface area contributed by atoms with Crippen molar-refractivity contribution in [1.29, 1.82) is 0 Å². The van der Waals surface area contributed by atoms with Crippen LogP contribution in [0.4, 0.5) is 5.69 Å². The largest absolute Gasteiger partial charge is 0.334 e. The number of sulfonamides is 1. The molecule has 1 heterocycles. The van der Waals surface area contributed by atoms with E-state index in [0.717, 1.165) is 19.6 Å². The van der Waals surface area contributed by atoms with E-state index in [9.17, 15) is 8.42 Å². The molecule has 1 aliphatic heterocycles. The molecule has 8 heteroatoms. The molecule has 0 saturated carbocycles. The third-order valence-corrected chi connectivity index (χ3v) is 7.15. The summed E-state index contributed by atoms with van der Waals surface area (Å²) in [5.41, 5.74) is 1.90. The zero-order valence-electron chi connectivity index (χ0n) is 16.4. The van der Waals surface area contributed by atoms with E-state index in [2.05, 4.69) is 29.4 Å². The van der Waals surface area contributed by atoms with Gasteiger partial charge in [0.15, 0.2) is 5.11 Å². The molecular formula is C20H27N4O2S2+. The van der Waals surface area contributed by atoms with E-state index in [1.54, 1.807) is 18.2 Å². The Balaban J connectivity index is 1.82. The highest BCUT2D eigenvalue weighted by Crippen LogP contribution is 2.23. The number of rotatable bonds is 4. The first-order chi connectivity index (χ1) is 13.3. The predicted octanol–water partition coefficient (Wildman–Crippen LogP) is 1.21. The molecule has 1 unspecified atom stereocenters. The second-order valence-electron chi connectivity index (χ2n) is 7.28. The summed E-state index contributed by atoms with van der Waals surface area (Å²) < 4.78 is 26.0. The van der Waals surface area contributed by atoms with Crippen LogP contribution in [0.15, 0.2) is 59.5 Å². The minimum atomic E-state index is -3.49. The molecule has 0 radical (unpaired) electrons. The predicted molar refractivity (Wildman–Crippen MR) is 116 cm³/mol. The Hall–Kier alpha value is -2.00. The third-order valence-electron chi connectivity index (χ3n) is 5.01. The number of quaternary nitrogens is 1. The van der Waals surface area contributed by atoms with Crippen LogP contribution in [-0.2, 0) is 10.0 Å². The maximum absolute atomic E-state index is 12.4. The average Bonchev–Trinajstić information content (AvgIpc) is 2.68. The fourth-order valence-corrected chi connectivity index (χ4v) is 4.65. The highest BCUT2D eigenvalue weighted by Gasteiger charge is 2.31. The maximum Gasteiger partial charge on any atom is 0.242 e. The molecule has 2 N–H and O–H groups in total. The molecular weight excluding hydrogens is 392 g/mol. The molecule has 28 heavy (non-hydrogen) atoms. The standard InChI is InChI=1S/C20H26N4O2S2/c1-22(2)28(25,26)18-11-7-10-17(14-18)21-20(27)24-13-12-23(3)15-19(24)16-8-5-4-6-9-16/h4-11,14,19H,12-13,15H2,1-3H3,(H,21,27)/p+1/t19-/m0/s1. The van der Waals surface area contributed by atoms with Gasteiger partial charge in [0.25, 0.3) is 0 Å². The average molecular weight is 420 g/mol. The number of nitrogens with one attached hydrogen (secondary N) is 2. The summed E-state index contributed by atoms with van der Waals surface area (Å²) in [6.45, 7) is 2.80. The molecule has 0 aromatic heterocycles. The molecule has 0 amide bonds. The van der Waals surface area contributed by atoms with Crippen LogP contribution in [0.5, 0.6) is 0 Å². The number of likely N-dealkylation sites (N-methyl/N-ethyl adjacent to an activating group) is 1. The monoisotopic (exact) mass is 419 g/mol. The second-order valence-corrected chi connectivity index (χ2v) is 9.82. The quantitative estimate of drug-likeness (QED) is 0.730. The van der Waals surface area contributed by atoms with Gasteiger partial charge in [0.2, 0.25) is 10.0 Å². The van der Waals surface area contributed by atoms with Crippen molar-refractivity contribution in [2.24, 2.45) is 0 Å². The maximum atomic E-state index is 12.4. The zero-order chi connectivity index (χ0) is 20.3. The van der Waals surface area contributed by atoms with E-state index in [-0.39, 0.29) is 10.9 Å². The first kappa shape index (κ1) is 20.7. The Morgan fingerprint density at radius 3 is 2.57 bits per heavy atom. The van der Waals surface area contributed by atoms with Gasteiger partial charge in [-0.2, -0.15) is 0 Å². The summed E-state index contributed by atoms with van der Waals surface area (Å²) in [6, 6.07) is 17.3. The SMILES string of the molecule is CN(C)S(=O)(=O)c1cccc(NC(=S)N2CC[NH+](C)C[C@H]2c2ccccc2)c1. The smallest absolute Gasteiger partial charge is 0.242 e. The first-order valence-electron chi connectivity index (χ1n) is 9.25. The number of thiocarbonyl (C=S) groups is 1. The second kappa shape index (κ2) is 8.57. The van der Waals surface area contributed by atoms with Crippen molar-refractivity contribution >= 4 is 33.0 Å². The van der Waals surface area contributed by atoms with Crippen molar-refractivity contribution in [1.82, 2.24) is 9.21 Å². The van der Waals surface area contributed by atoms with Crippen LogP contribution in [-0.4, -0.2) is 63.5 Å². The minimum absolute atomic E-state index is 0.184. The van der Waals surface area contributed by atoms with Crippen LogP contribution < -0.4 is 10.2 Å². The molecule has 1 aliphatic rings. The minimum Gasteiger partial charge on any atom is -0.334 e. The fourth-order valence-electron chi connectivity index (χ4n) is 3.37. The molecule has 1 saturated heterocycles. The number of hydrogen-bond acceptors (Lipinski definition) is 3. The summed E-state index contributed by atoms with van der Waals surface area (Å²) >= 11 is 5.71. The van der Waals surface area contributed by atoms with E-state index in [0.29, 0.717) is 10.8 Å². The molecule has 6 nitrogen and oxygen atoms in total. The molecule has 0 aliphatic carbocycles. The highest BCUT2D eigenvalue weighted by atomic mass is 32.2. The highest BCUT2D eigenvalue weighted by molar-refractivity contribution is 7.89. The van der Waals surface area contributed by atoms with Gasteiger partial charge in [-0.25, -0.2) is 12.7 Å². The Labute approximate surface area is 172 Å². The lowest BCUT2D eigenvalue weighted by molar-refractivity contribution is -0.887. The van der Waals surface area contributed by atoms with Crippen LogP contribution in [0.2, 0.25) is 0 Å². The van der Waals surface area contributed by atoms with Gasteiger partial charge < -0.3 is 15.1 Å². The van der Waals surface area contributed by atoms with Gasteiger partial charge in [-0.1, -0.05) is 36.4 Å². The Morgan fingerprint density at radius 2 is 1.89 bits per heavy atom. The summed E-state index contributed by atoms with van der Waals surface area (Å²) in [4.78, 5) is 3.91. The molecule has 2 aromatic carbocycles. The van der Waals surface area contributed by atoms with Crippen LogP contribution in [0.25, 0.3) is 0 Å². The fraction of sp³-hybridized carbons (Fsp3) is 0.350. The van der Waals surface area contributed by atoms with Gasteiger partial charge in [-0.15, -0.1) is 0 Å². The van der Waals surface area contributed by atoms with E-state index in [4.69, 9.17) is 12.2 Å². The summed E-state index contributed by atoms with van der Waals surface area (Å²) in [7, 11) is 1.76. The van der Waals surface area contributed by atoms with Crippen LogP contribution in [0, 0.1) is 0 Å². The molecule has 2 atom stereocenters. The van der Waals surface area contributed by atoms with Crippen molar-refractivity contribution < 1.29 is 13.3 Å². The van der Waals surface area contributed by atoms with Crippen molar-refractivity contribution in [2.45, 2.75) is 10.9 Å². The number of hydrogen-bond donors (Lipinski definition) is 2. The number of benzene rings is 2. The normalized spacial score (nSPS) is 20.2. The zero-order valence-corrected chi connectivity index (χ0v) is 18.1. The number of anilines is 1. The topological polar surface area (TPSA) is 57.1 Å². The lowest BCUT2D eigenvalue weighted by Gasteiger charge is -2.39. The van der Waals surface area contributed by atoms with Crippen molar-refractivity contribution in [2.75, 3.05) is 46.1 Å². The Kier molecular flexibility index (Phi) is 6.34. The van der Waals surface area contributed by atoms with Crippen LogP contribution in [0.1, 0.15) is 11.6 Å². The van der Waals surface area contributed by atoms with E-state index in [1.807, 2.05) is 24.3 Å². The van der Waals surface area contributed by atoms with Gasteiger partial charge in [-0.3, -0.25) is 0 Å². The van der Waals surface area contributed by atoms with Crippen molar-refractivity contribution in [3.63, 3.8) is 0 Å². The number of nitrogens with zero attached hydrogens (tertiary/aromatic N) is 2. The molecule has 0 bridgehead atoms. The summed E-state index contributed by atoms with van der Waals surface area (Å²) in [5, 5.41) is 3.85. The molecule has 2 aromatic rings. The molecule has 0 spiro atoms. The Bertz CT molecular complexity index is 932. The van der Waals surface area contributed by atoms with Crippen molar-refractivity contribution in [3.05, 3.63) is 60.2 Å². The summed E-state index contributed by atoms with van der Waals surface area (Å²) in [6.07, 6.45) is 0. The lowest BCUT2D eigenvalue weighted by atomic mass is 10.0. The van der Waals surface area contributed by atoms with Gasteiger partial charge in [0.05, 0.1) is 25.0 Å². The van der Waals surface area contributed by atoms with Crippen LogP contribution in [0.3, 0.4) is 0 Å². The van der Waals surface area contributed by atoms with Gasteiger partial charge in [-0.05, 0) is 36.0 Å². The van der Waals surface area contributed by atoms with Crippen LogP contribution >= 0.6 is 12.2 Å². The molecule has 3 rings (SSSR count). The van der Waals surface area contributed by atoms with Crippen molar-refractivity contribution in [3.8, 4) is 0 Å². The van der Waals surface area contributed by atoms with E-state index in [1.165, 1.54) is 28.9 Å². The molecule has 1 fully saturated rings. The van der Waals surface area contributed by atoms with Gasteiger partial charge >= 0.3 is 0 Å². The van der Waals surface area contributed by atoms with E-state index >= 15 is 0 Å².